The Morgan fingerprint density at radius 3 is 2.52 bits per heavy atom. The Hall–Kier alpha value is -1.65. The van der Waals surface area contributed by atoms with Crippen LogP contribution in [0.15, 0.2) is 36.4 Å². The Morgan fingerprint density at radius 2 is 1.90 bits per heavy atom. The number of hydrogen-bond acceptors (Lipinski definition) is 2. The van der Waals surface area contributed by atoms with Crippen molar-refractivity contribution in [2.75, 3.05) is 13.7 Å². The van der Waals surface area contributed by atoms with Crippen molar-refractivity contribution in [1.29, 1.82) is 0 Å². The van der Waals surface area contributed by atoms with Gasteiger partial charge in [0.05, 0.1) is 13.2 Å². The van der Waals surface area contributed by atoms with Gasteiger partial charge in [-0.3, -0.25) is 0 Å². The van der Waals surface area contributed by atoms with Crippen LogP contribution in [0.3, 0.4) is 0 Å². The summed E-state index contributed by atoms with van der Waals surface area (Å²) in [6, 6.07) is 8.12. The van der Waals surface area contributed by atoms with E-state index in [-0.39, 0.29) is 0 Å². The molecule has 1 N–H and O–H groups in total. The summed E-state index contributed by atoms with van der Waals surface area (Å²) in [6.45, 7) is 2.48. The van der Waals surface area contributed by atoms with Gasteiger partial charge < -0.3 is 10.1 Å². The topological polar surface area (TPSA) is 21.3 Å². The zero-order chi connectivity index (χ0) is 15.4. The van der Waals surface area contributed by atoms with E-state index in [0.29, 0.717) is 28.4 Å². The van der Waals surface area contributed by atoms with Gasteiger partial charge in [-0.25, -0.2) is 8.78 Å². The maximum absolute atomic E-state index is 14.3. The Balaban J connectivity index is 2.50. The second-order valence-corrected chi connectivity index (χ2v) is 4.95. The molecule has 0 fully saturated rings. The van der Waals surface area contributed by atoms with E-state index in [9.17, 15) is 8.78 Å². The SMILES string of the molecule is CCNC(c1ccc(OC)cc1F)c1cc(F)ccc1Cl. The molecular formula is C16H16ClF2NO. The largest absolute Gasteiger partial charge is 0.497 e. The summed E-state index contributed by atoms with van der Waals surface area (Å²) in [7, 11) is 1.47. The van der Waals surface area contributed by atoms with Crippen LogP contribution in [0.4, 0.5) is 8.78 Å². The third-order valence-electron chi connectivity index (χ3n) is 3.20. The first-order chi connectivity index (χ1) is 10.1. The fourth-order valence-electron chi connectivity index (χ4n) is 2.20. The van der Waals surface area contributed by atoms with Crippen LogP contribution in [-0.2, 0) is 0 Å². The highest BCUT2D eigenvalue weighted by molar-refractivity contribution is 6.31. The summed E-state index contributed by atoms with van der Waals surface area (Å²) in [4.78, 5) is 0. The lowest BCUT2D eigenvalue weighted by Gasteiger charge is -2.21. The van der Waals surface area contributed by atoms with E-state index in [4.69, 9.17) is 16.3 Å². The molecule has 0 heterocycles. The van der Waals surface area contributed by atoms with Crippen molar-refractivity contribution in [2.45, 2.75) is 13.0 Å². The van der Waals surface area contributed by atoms with Crippen molar-refractivity contribution in [3.63, 3.8) is 0 Å². The zero-order valence-electron chi connectivity index (χ0n) is 11.8. The van der Waals surface area contributed by atoms with Gasteiger partial charge in [0.2, 0.25) is 0 Å². The highest BCUT2D eigenvalue weighted by Crippen LogP contribution is 2.31. The van der Waals surface area contributed by atoms with Crippen molar-refractivity contribution in [3.05, 3.63) is 64.2 Å². The second kappa shape index (κ2) is 6.87. The molecule has 0 aromatic heterocycles. The third kappa shape index (κ3) is 3.52. The van der Waals surface area contributed by atoms with E-state index >= 15 is 0 Å². The Kier molecular flexibility index (Phi) is 5.15. The monoisotopic (exact) mass is 311 g/mol. The number of ether oxygens (including phenoxy) is 1. The molecule has 1 atom stereocenters. The molecule has 112 valence electrons. The van der Waals surface area contributed by atoms with Crippen molar-refractivity contribution in [1.82, 2.24) is 5.32 Å². The summed E-state index contributed by atoms with van der Waals surface area (Å²) >= 11 is 6.13. The van der Waals surface area contributed by atoms with E-state index < -0.39 is 17.7 Å². The molecule has 0 radical (unpaired) electrons. The van der Waals surface area contributed by atoms with E-state index in [1.165, 1.54) is 31.4 Å². The fraction of sp³-hybridized carbons (Fsp3) is 0.250. The van der Waals surface area contributed by atoms with Crippen LogP contribution in [0.2, 0.25) is 5.02 Å². The molecule has 2 rings (SSSR count). The third-order valence-corrected chi connectivity index (χ3v) is 3.54. The summed E-state index contributed by atoms with van der Waals surface area (Å²) in [5, 5.41) is 3.52. The first kappa shape index (κ1) is 15.7. The first-order valence-electron chi connectivity index (χ1n) is 6.58. The Morgan fingerprint density at radius 1 is 1.14 bits per heavy atom. The molecule has 5 heteroatoms. The molecule has 0 saturated carbocycles. The quantitative estimate of drug-likeness (QED) is 0.887. The van der Waals surface area contributed by atoms with Gasteiger partial charge in [0.1, 0.15) is 17.4 Å². The average Bonchev–Trinajstić information content (AvgIpc) is 2.48. The zero-order valence-corrected chi connectivity index (χ0v) is 12.5. The van der Waals surface area contributed by atoms with Crippen LogP contribution in [-0.4, -0.2) is 13.7 Å². The number of nitrogens with one attached hydrogen (secondary N) is 1. The molecule has 2 aromatic carbocycles. The van der Waals surface area contributed by atoms with Gasteiger partial charge in [0.25, 0.3) is 0 Å². The fourth-order valence-corrected chi connectivity index (χ4v) is 2.42. The molecule has 1 unspecified atom stereocenters. The van der Waals surface area contributed by atoms with Crippen molar-refractivity contribution >= 4 is 11.6 Å². The van der Waals surface area contributed by atoms with E-state index in [0.717, 1.165) is 0 Å². The predicted molar refractivity (Wildman–Crippen MR) is 79.9 cm³/mol. The number of methoxy groups -OCH3 is 1. The molecule has 2 nitrogen and oxygen atoms in total. The van der Waals surface area contributed by atoms with Crippen molar-refractivity contribution in [3.8, 4) is 5.75 Å². The van der Waals surface area contributed by atoms with Crippen LogP contribution in [0.25, 0.3) is 0 Å². The first-order valence-corrected chi connectivity index (χ1v) is 6.96. The minimum atomic E-state index is -0.524. The maximum Gasteiger partial charge on any atom is 0.132 e. The standard InChI is InChI=1S/C16H16ClF2NO/c1-3-20-16(13-8-10(18)4-7-14(13)17)12-6-5-11(21-2)9-15(12)19/h4-9,16,20H,3H2,1-2H3. The van der Waals surface area contributed by atoms with E-state index in [1.807, 2.05) is 6.92 Å². The van der Waals surface area contributed by atoms with Gasteiger partial charge in [-0.15, -0.1) is 0 Å². The lowest BCUT2D eigenvalue weighted by molar-refractivity contribution is 0.410. The van der Waals surface area contributed by atoms with Gasteiger partial charge in [-0.2, -0.15) is 0 Å². The number of benzene rings is 2. The lowest BCUT2D eigenvalue weighted by atomic mass is 9.97. The van der Waals surface area contributed by atoms with Gasteiger partial charge in [0.15, 0.2) is 0 Å². The molecule has 0 aliphatic carbocycles. The molecule has 2 aromatic rings. The van der Waals surface area contributed by atoms with Gasteiger partial charge in [-0.1, -0.05) is 24.6 Å². The molecule has 0 spiro atoms. The maximum atomic E-state index is 14.3. The minimum Gasteiger partial charge on any atom is -0.497 e. The smallest absolute Gasteiger partial charge is 0.132 e. The molecule has 0 bridgehead atoms. The van der Waals surface area contributed by atoms with Crippen LogP contribution in [0.5, 0.6) is 5.75 Å². The molecule has 0 amide bonds. The minimum absolute atomic E-state index is 0.387. The van der Waals surface area contributed by atoms with E-state index in [1.54, 1.807) is 12.1 Å². The van der Waals surface area contributed by atoms with Gasteiger partial charge >= 0.3 is 0 Å². The second-order valence-electron chi connectivity index (χ2n) is 4.54. The van der Waals surface area contributed by atoms with Crippen molar-refractivity contribution < 1.29 is 13.5 Å². The summed E-state index contributed by atoms with van der Waals surface area (Å²) in [6.07, 6.45) is 0. The molecule has 0 aliphatic heterocycles. The van der Waals surface area contributed by atoms with Crippen LogP contribution >= 0.6 is 11.6 Å². The summed E-state index contributed by atoms with van der Waals surface area (Å²) < 4.78 is 32.7. The van der Waals surface area contributed by atoms with Crippen LogP contribution in [0.1, 0.15) is 24.1 Å². The number of rotatable bonds is 5. The Bertz CT molecular complexity index is 634. The van der Waals surface area contributed by atoms with Gasteiger partial charge in [0, 0.05) is 16.7 Å². The number of hydrogen-bond donors (Lipinski definition) is 1. The van der Waals surface area contributed by atoms with Crippen LogP contribution in [0, 0.1) is 11.6 Å². The lowest BCUT2D eigenvalue weighted by Crippen LogP contribution is -2.23. The molecule has 0 saturated heterocycles. The molecular weight excluding hydrogens is 296 g/mol. The molecule has 0 aliphatic rings. The Labute approximate surface area is 127 Å². The summed E-state index contributed by atoms with van der Waals surface area (Å²) in [5.41, 5.74) is 0.896. The highest BCUT2D eigenvalue weighted by Gasteiger charge is 2.20. The number of halogens is 3. The normalized spacial score (nSPS) is 12.2. The average molecular weight is 312 g/mol. The van der Waals surface area contributed by atoms with Gasteiger partial charge in [-0.05, 0) is 36.4 Å². The highest BCUT2D eigenvalue weighted by atomic mass is 35.5. The predicted octanol–water partition coefficient (Wildman–Crippen LogP) is 4.33. The van der Waals surface area contributed by atoms with Crippen LogP contribution < -0.4 is 10.1 Å². The van der Waals surface area contributed by atoms with E-state index in [2.05, 4.69) is 5.32 Å². The summed E-state index contributed by atoms with van der Waals surface area (Å²) in [5.74, 6) is -0.413. The van der Waals surface area contributed by atoms with Crippen molar-refractivity contribution in [2.24, 2.45) is 0 Å². The molecule has 21 heavy (non-hydrogen) atoms.